The lowest BCUT2D eigenvalue weighted by Crippen LogP contribution is -2.46. The summed E-state index contributed by atoms with van der Waals surface area (Å²) in [4.78, 5) is 17.7. The van der Waals surface area contributed by atoms with E-state index < -0.39 is 0 Å². The molecular formula is C33H34N2O5S. The van der Waals surface area contributed by atoms with Crippen LogP contribution in [0.15, 0.2) is 69.9 Å². The zero-order valence-electron chi connectivity index (χ0n) is 23.4. The lowest BCUT2D eigenvalue weighted by atomic mass is 10.00. The van der Waals surface area contributed by atoms with E-state index in [0.29, 0.717) is 49.8 Å². The Bertz CT molecular complexity index is 1760. The summed E-state index contributed by atoms with van der Waals surface area (Å²) in [6, 6.07) is 20.1. The summed E-state index contributed by atoms with van der Waals surface area (Å²) in [5.74, 6) is 1.48. The number of anilines is 1. The van der Waals surface area contributed by atoms with Crippen molar-refractivity contribution in [3.05, 3.63) is 70.9 Å². The SMILES string of the molecule is C[C@@H]1CN(CCOc2ccc(-c3cccc4c(=O)cc(N5CCOCC5)oc34)c3sc4ccccc4c23)C[C@H](C)O1. The van der Waals surface area contributed by atoms with E-state index >= 15 is 0 Å². The highest BCUT2D eigenvalue weighted by Gasteiger charge is 2.23. The first-order valence-corrected chi connectivity index (χ1v) is 15.2. The Morgan fingerprint density at radius 1 is 0.927 bits per heavy atom. The van der Waals surface area contributed by atoms with Gasteiger partial charge < -0.3 is 23.5 Å². The molecule has 5 aromatic rings. The minimum Gasteiger partial charge on any atom is -0.492 e. The van der Waals surface area contributed by atoms with Gasteiger partial charge in [0.2, 0.25) is 0 Å². The standard InChI is InChI=1S/C33H34N2O5S/c1-21-19-34(20-22(2)39-21)12-17-38-28-11-10-24(33-31(28)26-6-3-4-9-29(26)41-33)23-7-5-8-25-27(36)18-30(40-32(23)25)35-13-15-37-16-14-35/h3-11,18,21-22H,12-17,19-20H2,1-2H3/t21-,22+. The van der Waals surface area contributed by atoms with Gasteiger partial charge in [-0.15, -0.1) is 11.3 Å². The molecule has 2 aliphatic rings. The molecule has 3 aromatic carbocycles. The molecule has 41 heavy (non-hydrogen) atoms. The molecule has 0 saturated carbocycles. The lowest BCUT2D eigenvalue weighted by Gasteiger charge is -2.35. The number of hydrogen-bond donors (Lipinski definition) is 0. The average molecular weight is 571 g/mol. The molecule has 0 N–H and O–H groups in total. The van der Waals surface area contributed by atoms with Gasteiger partial charge in [0.1, 0.15) is 17.9 Å². The average Bonchev–Trinajstić information content (AvgIpc) is 3.37. The van der Waals surface area contributed by atoms with Crippen molar-refractivity contribution in [2.24, 2.45) is 0 Å². The molecule has 0 radical (unpaired) electrons. The summed E-state index contributed by atoms with van der Waals surface area (Å²) in [6.07, 6.45) is 0.463. The number of hydrogen-bond acceptors (Lipinski definition) is 8. The van der Waals surface area contributed by atoms with Gasteiger partial charge >= 0.3 is 0 Å². The molecule has 0 bridgehead atoms. The summed E-state index contributed by atoms with van der Waals surface area (Å²) in [5.41, 5.74) is 2.53. The molecule has 0 unspecified atom stereocenters. The molecule has 0 aliphatic carbocycles. The van der Waals surface area contributed by atoms with Crippen LogP contribution in [0.1, 0.15) is 13.8 Å². The molecule has 2 saturated heterocycles. The van der Waals surface area contributed by atoms with Crippen LogP contribution in [0.25, 0.3) is 42.3 Å². The van der Waals surface area contributed by atoms with Gasteiger partial charge in [0, 0.05) is 70.1 Å². The fourth-order valence-corrected chi connectivity index (χ4v) is 7.45. The molecule has 2 atom stereocenters. The predicted molar refractivity (Wildman–Crippen MR) is 166 cm³/mol. The molecule has 212 valence electrons. The topological polar surface area (TPSA) is 64.4 Å². The van der Waals surface area contributed by atoms with Crippen molar-refractivity contribution in [1.29, 1.82) is 0 Å². The van der Waals surface area contributed by atoms with E-state index in [9.17, 15) is 4.79 Å². The van der Waals surface area contributed by atoms with E-state index in [0.717, 1.165) is 46.6 Å². The molecule has 2 fully saturated rings. The number of ether oxygens (including phenoxy) is 3. The first kappa shape index (κ1) is 26.5. The maximum Gasteiger partial charge on any atom is 0.200 e. The minimum atomic E-state index is -0.0334. The molecule has 8 heteroatoms. The summed E-state index contributed by atoms with van der Waals surface area (Å²) >= 11 is 1.75. The first-order chi connectivity index (χ1) is 20.0. The second-order valence-electron chi connectivity index (χ2n) is 11.0. The fraction of sp³-hybridized carbons (Fsp3) is 0.364. The highest BCUT2D eigenvalue weighted by atomic mass is 32.1. The zero-order chi connectivity index (χ0) is 27.9. The smallest absolute Gasteiger partial charge is 0.200 e. The van der Waals surface area contributed by atoms with Gasteiger partial charge in [-0.1, -0.05) is 30.3 Å². The maximum atomic E-state index is 13.2. The van der Waals surface area contributed by atoms with E-state index in [2.05, 4.69) is 66.1 Å². The highest BCUT2D eigenvalue weighted by Crippen LogP contribution is 2.45. The van der Waals surface area contributed by atoms with E-state index in [1.807, 2.05) is 12.1 Å². The van der Waals surface area contributed by atoms with Crippen LogP contribution in [0.3, 0.4) is 0 Å². The summed E-state index contributed by atoms with van der Waals surface area (Å²) in [6.45, 7) is 10.2. The number of benzene rings is 3. The van der Waals surface area contributed by atoms with Gasteiger partial charge in [-0.3, -0.25) is 9.69 Å². The van der Waals surface area contributed by atoms with Crippen molar-refractivity contribution in [1.82, 2.24) is 4.90 Å². The van der Waals surface area contributed by atoms with Crippen LogP contribution >= 0.6 is 11.3 Å². The van der Waals surface area contributed by atoms with E-state index in [1.54, 1.807) is 17.4 Å². The van der Waals surface area contributed by atoms with Crippen molar-refractivity contribution in [3.8, 4) is 16.9 Å². The van der Waals surface area contributed by atoms with E-state index in [1.165, 1.54) is 10.1 Å². The van der Waals surface area contributed by atoms with Gasteiger partial charge in [0.25, 0.3) is 0 Å². The monoisotopic (exact) mass is 570 g/mol. The van der Waals surface area contributed by atoms with Crippen LogP contribution in [0.5, 0.6) is 5.75 Å². The van der Waals surface area contributed by atoms with Gasteiger partial charge in [0.05, 0.1) is 30.8 Å². The summed E-state index contributed by atoms with van der Waals surface area (Å²) in [7, 11) is 0. The van der Waals surface area contributed by atoms with Crippen LogP contribution in [0.4, 0.5) is 5.88 Å². The molecule has 7 rings (SSSR count). The van der Waals surface area contributed by atoms with Crippen LogP contribution in [-0.2, 0) is 9.47 Å². The van der Waals surface area contributed by atoms with Crippen LogP contribution in [0, 0.1) is 0 Å². The molecule has 0 spiro atoms. The molecule has 2 aliphatic heterocycles. The van der Waals surface area contributed by atoms with Crippen molar-refractivity contribution in [2.75, 3.05) is 57.4 Å². The van der Waals surface area contributed by atoms with Crippen molar-refractivity contribution in [3.63, 3.8) is 0 Å². The number of fused-ring (bicyclic) bond motifs is 4. The van der Waals surface area contributed by atoms with Crippen LogP contribution in [-0.4, -0.2) is 69.7 Å². The zero-order valence-corrected chi connectivity index (χ0v) is 24.2. The number of morpholine rings is 2. The minimum absolute atomic E-state index is 0.0334. The number of para-hydroxylation sites is 1. The Morgan fingerprint density at radius 2 is 1.71 bits per heavy atom. The Balaban J connectivity index is 1.30. The van der Waals surface area contributed by atoms with Crippen molar-refractivity contribution >= 4 is 48.4 Å². The summed E-state index contributed by atoms with van der Waals surface area (Å²) in [5, 5.41) is 2.87. The third-order valence-corrected chi connectivity index (χ3v) is 9.21. The molecule has 0 amide bonds. The van der Waals surface area contributed by atoms with Gasteiger partial charge in [-0.25, -0.2) is 0 Å². The Morgan fingerprint density at radius 3 is 2.54 bits per heavy atom. The molecule has 4 heterocycles. The molecule has 7 nitrogen and oxygen atoms in total. The van der Waals surface area contributed by atoms with Crippen molar-refractivity contribution in [2.45, 2.75) is 26.1 Å². The lowest BCUT2D eigenvalue weighted by molar-refractivity contribution is -0.0699. The largest absolute Gasteiger partial charge is 0.492 e. The number of rotatable bonds is 6. The number of thiophene rings is 1. The molecular weight excluding hydrogens is 536 g/mol. The van der Waals surface area contributed by atoms with Gasteiger partial charge in [-0.2, -0.15) is 0 Å². The maximum absolute atomic E-state index is 13.2. The quantitative estimate of drug-likeness (QED) is 0.243. The Labute approximate surface area is 242 Å². The van der Waals surface area contributed by atoms with Gasteiger partial charge in [0.15, 0.2) is 11.3 Å². The second-order valence-corrected chi connectivity index (χ2v) is 12.1. The predicted octanol–water partition coefficient (Wildman–Crippen LogP) is 6.15. The molecule has 2 aromatic heterocycles. The van der Waals surface area contributed by atoms with E-state index in [-0.39, 0.29) is 17.6 Å². The Kier molecular flexibility index (Phi) is 7.16. The van der Waals surface area contributed by atoms with Crippen LogP contribution < -0.4 is 15.1 Å². The third-order valence-electron chi connectivity index (χ3n) is 8.00. The normalized spacial score (nSPS) is 20.3. The fourth-order valence-electron chi connectivity index (χ4n) is 6.20. The second kappa shape index (κ2) is 11.1. The van der Waals surface area contributed by atoms with Gasteiger partial charge in [-0.05, 0) is 38.1 Å². The third kappa shape index (κ3) is 5.10. The summed E-state index contributed by atoms with van der Waals surface area (Å²) < 4.78 is 26.7. The highest BCUT2D eigenvalue weighted by molar-refractivity contribution is 7.26. The van der Waals surface area contributed by atoms with Crippen LogP contribution in [0.2, 0.25) is 0 Å². The first-order valence-electron chi connectivity index (χ1n) is 14.4. The Hall–Kier alpha value is -3.43. The van der Waals surface area contributed by atoms with E-state index in [4.69, 9.17) is 18.6 Å². The number of nitrogens with zero attached hydrogens (tertiary/aromatic N) is 2. The van der Waals surface area contributed by atoms with Crippen molar-refractivity contribution < 1.29 is 18.6 Å².